The molecular weight excluding hydrogens is 195 g/mol. The molecule has 1 aromatic rings. The second-order valence-electron chi connectivity index (χ2n) is 2.40. The van der Waals surface area contributed by atoms with E-state index in [1.165, 1.54) is 19.2 Å². The van der Waals surface area contributed by atoms with Crippen LogP contribution >= 0.6 is 7.60 Å². The van der Waals surface area contributed by atoms with E-state index in [1.54, 1.807) is 0 Å². The molecule has 0 aliphatic carbocycles. The average Bonchev–Trinajstić information content (AvgIpc) is 2.03. The molecule has 0 saturated heterocycles. The summed E-state index contributed by atoms with van der Waals surface area (Å²) < 4.78 is 15.6. The van der Waals surface area contributed by atoms with Gasteiger partial charge in [-0.15, -0.1) is 0 Å². The lowest BCUT2D eigenvalue weighted by Crippen LogP contribution is -2.07. The third kappa shape index (κ3) is 2.21. The number of hydrogen-bond acceptors (Lipinski definition) is 3. The van der Waals surface area contributed by atoms with Gasteiger partial charge in [-0.25, -0.2) is 0 Å². The first kappa shape index (κ1) is 10.1. The van der Waals surface area contributed by atoms with Crippen LogP contribution in [0.1, 0.15) is 0 Å². The predicted molar refractivity (Wildman–Crippen MR) is 46.3 cm³/mol. The summed E-state index contributed by atoms with van der Waals surface area (Å²) in [5, 5.41) is 8.69. The summed E-state index contributed by atoms with van der Waals surface area (Å²) >= 11 is 0. The van der Waals surface area contributed by atoms with Crippen LogP contribution in [0.5, 0.6) is 11.5 Å². The van der Waals surface area contributed by atoms with Crippen molar-refractivity contribution in [3.05, 3.63) is 18.2 Å². The fourth-order valence-electron chi connectivity index (χ4n) is 0.906. The molecule has 0 saturated carbocycles. The molecule has 0 aliphatic heterocycles. The Morgan fingerprint density at radius 1 is 1.38 bits per heavy atom. The molecule has 0 aliphatic rings. The fraction of sp³-hybridized carbons (Fsp3) is 0.143. The van der Waals surface area contributed by atoms with Crippen molar-refractivity contribution < 1.29 is 24.2 Å². The molecule has 0 radical (unpaired) electrons. The molecule has 0 atom stereocenters. The van der Waals surface area contributed by atoms with Gasteiger partial charge in [0.25, 0.3) is 0 Å². The molecule has 0 amide bonds. The second-order valence-corrected chi connectivity index (χ2v) is 3.97. The largest absolute Gasteiger partial charge is 0.508 e. The van der Waals surface area contributed by atoms with Crippen LogP contribution in [-0.2, 0) is 4.57 Å². The fourth-order valence-corrected chi connectivity index (χ4v) is 1.66. The standard InChI is InChI=1S/C7H9O5P/c1-12-6-3-2-5(8)4-7(6)13(9,10)11/h2-4,8H,1H3,(H2,9,10,11). The van der Waals surface area contributed by atoms with Crippen molar-refractivity contribution in [1.29, 1.82) is 0 Å². The highest BCUT2D eigenvalue weighted by Gasteiger charge is 2.22. The molecule has 1 aromatic carbocycles. The molecule has 1 rings (SSSR count). The summed E-state index contributed by atoms with van der Waals surface area (Å²) in [4.78, 5) is 17.7. The monoisotopic (exact) mass is 204 g/mol. The molecule has 0 spiro atoms. The van der Waals surface area contributed by atoms with Crippen molar-refractivity contribution in [3.63, 3.8) is 0 Å². The van der Waals surface area contributed by atoms with Crippen molar-refractivity contribution in [2.75, 3.05) is 7.11 Å². The Labute approximate surface area is 74.8 Å². The van der Waals surface area contributed by atoms with E-state index in [0.29, 0.717) is 0 Å². The highest BCUT2D eigenvalue weighted by molar-refractivity contribution is 7.60. The number of aromatic hydroxyl groups is 1. The van der Waals surface area contributed by atoms with Crippen molar-refractivity contribution in [3.8, 4) is 11.5 Å². The number of hydrogen-bond donors (Lipinski definition) is 3. The molecule has 0 unspecified atom stereocenters. The first-order valence-electron chi connectivity index (χ1n) is 3.38. The Kier molecular flexibility index (Phi) is 2.61. The molecule has 5 nitrogen and oxygen atoms in total. The van der Waals surface area contributed by atoms with Gasteiger partial charge in [0, 0.05) is 0 Å². The number of phenols is 1. The van der Waals surface area contributed by atoms with Crippen molar-refractivity contribution >= 4 is 12.9 Å². The number of rotatable bonds is 2. The minimum absolute atomic E-state index is 0.0612. The van der Waals surface area contributed by atoms with Crippen LogP contribution < -0.4 is 10.0 Å². The van der Waals surface area contributed by atoms with Crippen molar-refractivity contribution in [1.82, 2.24) is 0 Å². The van der Waals surface area contributed by atoms with Crippen LogP contribution in [0.2, 0.25) is 0 Å². The van der Waals surface area contributed by atoms with Gasteiger partial charge in [-0.1, -0.05) is 0 Å². The van der Waals surface area contributed by atoms with Crippen LogP contribution in [-0.4, -0.2) is 22.0 Å². The first-order valence-corrected chi connectivity index (χ1v) is 4.99. The van der Waals surface area contributed by atoms with Crippen LogP contribution in [0.3, 0.4) is 0 Å². The zero-order valence-electron chi connectivity index (χ0n) is 6.84. The van der Waals surface area contributed by atoms with Gasteiger partial charge in [0.05, 0.1) is 7.11 Å². The van der Waals surface area contributed by atoms with Gasteiger partial charge < -0.3 is 19.6 Å². The lowest BCUT2D eigenvalue weighted by molar-refractivity contribution is 0.379. The zero-order valence-corrected chi connectivity index (χ0v) is 7.73. The highest BCUT2D eigenvalue weighted by atomic mass is 31.2. The molecule has 0 aromatic heterocycles. The average molecular weight is 204 g/mol. The Morgan fingerprint density at radius 3 is 2.46 bits per heavy atom. The van der Waals surface area contributed by atoms with Gasteiger partial charge in [0.2, 0.25) is 0 Å². The minimum atomic E-state index is -4.38. The third-order valence-electron chi connectivity index (χ3n) is 1.48. The molecule has 0 heterocycles. The molecule has 0 fully saturated rings. The third-order valence-corrected chi connectivity index (χ3v) is 2.45. The molecule has 6 heteroatoms. The normalized spacial score (nSPS) is 11.3. The molecule has 72 valence electrons. The number of benzene rings is 1. The summed E-state index contributed by atoms with van der Waals surface area (Å²) in [6, 6.07) is 3.57. The molecule has 0 bridgehead atoms. The highest BCUT2D eigenvalue weighted by Crippen LogP contribution is 2.38. The molecule has 3 N–H and O–H groups in total. The number of ether oxygens (including phenoxy) is 1. The predicted octanol–water partition coefficient (Wildman–Crippen LogP) is 0.204. The van der Waals surface area contributed by atoms with Crippen molar-refractivity contribution in [2.45, 2.75) is 0 Å². The molecule has 13 heavy (non-hydrogen) atoms. The van der Waals surface area contributed by atoms with E-state index in [0.717, 1.165) is 6.07 Å². The van der Waals surface area contributed by atoms with Gasteiger partial charge in [-0.3, -0.25) is 4.57 Å². The summed E-state index contributed by atoms with van der Waals surface area (Å²) in [6.45, 7) is 0. The summed E-state index contributed by atoms with van der Waals surface area (Å²) in [5.74, 6) is -0.148. The summed E-state index contributed by atoms with van der Waals surface area (Å²) in [7, 11) is -3.09. The maximum Gasteiger partial charge on any atom is 0.360 e. The molecular formula is C7H9O5P. The van der Waals surface area contributed by atoms with E-state index < -0.39 is 7.60 Å². The Balaban J connectivity index is 3.33. The van der Waals surface area contributed by atoms with Gasteiger partial charge >= 0.3 is 7.60 Å². The second kappa shape index (κ2) is 3.38. The zero-order chi connectivity index (χ0) is 10.1. The van der Waals surface area contributed by atoms with E-state index in [1.807, 2.05) is 0 Å². The van der Waals surface area contributed by atoms with Crippen LogP contribution in [0.4, 0.5) is 0 Å². The number of phenolic OH excluding ortho intramolecular Hbond substituents is 1. The van der Waals surface area contributed by atoms with Gasteiger partial charge in [-0.2, -0.15) is 0 Å². The quantitative estimate of drug-likeness (QED) is 0.599. The van der Waals surface area contributed by atoms with Crippen LogP contribution in [0.25, 0.3) is 0 Å². The van der Waals surface area contributed by atoms with Crippen LogP contribution in [0.15, 0.2) is 18.2 Å². The smallest absolute Gasteiger partial charge is 0.360 e. The SMILES string of the molecule is COc1ccc(O)cc1P(=O)(O)O. The van der Waals surface area contributed by atoms with E-state index >= 15 is 0 Å². The van der Waals surface area contributed by atoms with E-state index in [9.17, 15) is 4.57 Å². The maximum absolute atomic E-state index is 10.9. The number of methoxy groups -OCH3 is 1. The Morgan fingerprint density at radius 2 is 2.00 bits per heavy atom. The Hall–Kier alpha value is -1.03. The minimum Gasteiger partial charge on any atom is -0.508 e. The maximum atomic E-state index is 10.9. The van der Waals surface area contributed by atoms with Gasteiger partial charge in [-0.05, 0) is 18.2 Å². The van der Waals surface area contributed by atoms with Crippen LogP contribution in [0, 0.1) is 0 Å². The van der Waals surface area contributed by atoms with Crippen molar-refractivity contribution in [2.24, 2.45) is 0 Å². The van der Waals surface area contributed by atoms with E-state index in [4.69, 9.17) is 19.6 Å². The summed E-state index contributed by atoms with van der Waals surface area (Å²) in [6.07, 6.45) is 0. The first-order chi connectivity index (χ1) is 5.95. The van der Waals surface area contributed by atoms with E-state index in [2.05, 4.69) is 0 Å². The van der Waals surface area contributed by atoms with Gasteiger partial charge in [0.1, 0.15) is 16.8 Å². The summed E-state index contributed by atoms with van der Waals surface area (Å²) in [5.41, 5.74) is 0. The Bertz CT molecular complexity index is 356. The lowest BCUT2D eigenvalue weighted by Gasteiger charge is -2.09. The van der Waals surface area contributed by atoms with Gasteiger partial charge in [0.15, 0.2) is 0 Å². The lowest BCUT2D eigenvalue weighted by atomic mass is 10.3. The van der Waals surface area contributed by atoms with E-state index in [-0.39, 0.29) is 16.8 Å². The topological polar surface area (TPSA) is 87.0 Å².